The number of allylic oxidation sites excluding steroid dienone is 2. The summed E-state index contributed by atoms with van der Waals surface area (Å²) in [5, 5.41) is 6.18. The van der Waals surface area contributed by atoms with Crippen LogP contribution in [0.2, 0.25) is 5.02 Å². The Hall–Kier alpha value is -4.36. The van der Waals surface area contributed by atoms with Crippen molar-refractivity contribution in [1.82, 2.24) is 5.01 Å². The van der Waals surface area contributed by atoms with Crippen molar-refractivity contribution < 1.29 is 19.2 Å². The van der Waals surface area contributed by atoms with Crippen molar-refractivity contribution in [2.45, 2.75) is 24.7 Å². The molecule has 0 spiro atoms. The summed E-state index contributed by atoms with van der Waals surface area (Å²) in [7, 11) is 0. The van der Waals surface area contributed by atoms with E-state index >= 15 is 0 Å². The zero-order valence-electron chi connectivity index (χ0n) is 23.2. The Kier molecular flexibility index (Phi) is 4.91. The van der Waals surface area contributed by atoms with Crippen LogP contribution in [0.25, 0.3) is 0 Å². The molecule has 43 heavy (non-hydrogen) atoms. The van der Waals surface area contributed by atoms with Gasteiger partial charge in [-0.15, -0.1) is 0 Å². The van der Waals surface area contributed by atoms with Gasteiger partial charge in [0.15, 0.2) is 0 Å². The maximum atomic E-state index is 14.6. The summed E-state index contributed by atoms with van der Waals surface area (Å²) < 4.78 is 0. The van der Waals surface area contributed by atoms with Crippen LogP contribution in [0.1, 0.15) is 40.2 Å². The van der Waals surface area contributed by atoms with Crippen molar-refractivity contribution in [3.8, 4) is 0 Å². The number of benzene rings is 3. The number of rotatable bonds is 3. The number of amides is 4. The molecule has 7 aliphatic rings. The van der Waals surface area contributed by atoms with Crippen LogP contribution >= 0.6 is 11.6 Å². The first-order valence-corrected chi connectivity index (χ1v) is 15.1. The Labute approximate surface area is 252 Å². The summed E-state index contributed by atoms with van der Waals surface area (Å²) in [6.45, 7) is 1.87. The molecule has 4 bridgehead atoms. The molecule has 1 saturated carbocycles. The highest BCUT2D eigenvalue weighted by molar-refractivity contribution is 6.32. The van der Waals surface area contributed by atoms with Gasteiger partial charge in [0.05, 0.1) is 34.8 Å². The Balaban J connectivity index is 1.24. The molecule has 3 fully saturated rings. The van der Waals surface area contributed by atoms with Crippen LogP contribution in [0.3, 0.4) is 0 Å². The van der Waals surface area contributed by atoms with E-state index in [0.29, 0.717) is 10.7 Å². The summed E-state index contributed by atoms with van der Waals surface area (Å²) in [6, 6.07) is 20.9. The molecule has 0 N–H and O–H groups in total. The highest BCUT2D eigenvalue weighted by Crippen LogP contribution is 2.64. The summed E-state index contributed by atoms with van der Waals surface area (Å²) in [4.78, 5) is 57.4. The van der Waals surface area contributed by atoms with Gasteiger partial charge >= 0.3 is 0 Å². The van der Waals surface area contributed by atoms with Gasteiger partial charge in [0.1, 0.15) is 0 Å². The lowest BCUT2D eigenvalue weighted by molar-refractivity contribution is -0.140. The van der Waals surface area contributed by atoms with Crippen LogP contribution in [0.5, 0.6) is 0 Å². The number of hydrogen-bond acceptors (Lipinski definition) is 5. The van der Waals surface area contributed by atoms with Crippen LogP contribution in [0.4, 0.5) is 5.69 Å². The molecule has 2 aliphatic heterocycles. The van der Waals surface area contributed by atoms with E-state index in [0.717, 1.165) is 39.2 Å². The Bertz CT molecular complexity index is 1820. The molecule has 2 heterocycles. The van der Waals surface area contributed by atoms with Gasteiger partial charge in [-0.1, -0.05) is 78.4 Å². The lowest BCUT2D eigenvalue weighted by Crippen LogP contribution is -2.55. The van der Waals surface area contributed by atoms with Crippen LogP contribution in [0, 0.1) is 42.4 Å². The Morgan fingerprint density at radius 2 is 1.40 bits per heavy atom. The van der Waals surface area contributed by atoms with Crippen LogP contribution in [-0.4, -0.2) is 34.9 Å². The third kappa shape index (κ3) is 2.93. The van der Waals surface area contributed by atoms with Gasteiger partial charge < -0.3 is 0 Å². The third-order valence-electron chi connectivity index (χ3n) is 10.9. The number of hydrazone groups is 1. The fraction of sp³-hybridized carbons (Fsp3) is 0.286. The van der Waals surface area contributed by atoms with E-state index in [1.807, 2.05) is 55.5 Å². The molecule has 6 atom stereocenters. The van der Waals surface area contributed by atoms with Gasteiger partial charge in [0.25, 0.3) is 11.8 Å². The van der Waals surface area contributed by atoms with Gasteiger partial charge in [-0.05, 0) is 65.1 Å². The normalized spacial score (nSPS) is 34.4. The molecule has 0 radical (unpaired) electrons. The van der Waals surface area contributed by atoms with E-state index in [-0.39, 0.29) is 53.2 Å². The Morgan fingerprint density at radius 3 is 2.00 bits per heavy atom. The lowest BCUT2D eigenvalue weighted by Gasteiger charge is -2.52. The highest BCUT2D eigenvalue weighted by Gasteiger charge is 2.68. The third-order valence-corrected chi connectivity index (χ3v) is 11.3. The average Bonchev–Trinajstić information content (AvgIpc) is 3.76. The number of fused-ring (bicyclic) bond motifs is 5. The lowest BCUT2D eigenvalue weighted by atomic mass is 9.47. The molecule has 2 saturated heterocycles. The zero-order valence-corrected chi connectivity index (χ0v) is 23.9. The van der Waals surface area contributed by atoms with Crippen LogP contribution in [-0.2, 0) is 24.6 Å². The molecule has 0 unspecified atom stereocenters. The van der Waals surface area contributed by atoms with E-state index in [1.54, 1.807) is 24.4 Å². The molecular weight excluding hydrogens is 562 g/mol. The van der Waals surface area contributed by atoms with Crippen LogP contribution < -0.4 is 4.90 Å². The monoisotopic (exact) mass is 587 g/mol. The summed E-state index contributed by atoms with van der Waals surface area (Å²) in [6.07, 6.45) is 6.56. The number of imide groups is 2. The molecule has 0 aromatic heterocycles. The van der Waals surface area contributed by atoms with E-state index in [4.69, 9.17) is 11.6 Å². The molecule has 5 aliphatic carbocycles. The predicted octanol–water partition coefficient (Wildman–Crippen LogP) is 4.99. The average molecular weight is 588 g/mol. The van der Waals surface area contributed by atoms with E-state index < -0.39 is 17.3 Å². The van der Waals surface area contributed by atoms with E-state index in [1.165, 1.54) is 4.90 Å². The highest BCUT2D eigenvalue weighted by atomic mass is 35.5. The topological polar surface area (TPSA) is 87.1 Å². The molecule has 3 aromatic carbocycles. The quantitative estimate of drug-likeness (QED) is 0.245. The largest absolute Gasteiger partial charge is 0.274 e. The van der Waals surface area contributed by atoms with Crippen molar-refractivity contribution in [3.63, 3.8) is 0 Å². The number of halogens is 1. The first-order chi connectivity index (χ1) is 20.8. The minimum Gasteiger partial charge on any atom is -0.274 e. The van der Waals surface area contributed by atoms with Gasteiger partial charge in [-0.2, -0.15) is 10.1 Å². The maximum absolute atomic E-state index is 14.6. The number of carbonyl (C=O) groups is 4. The molecule has 4 amide bonds. The molecule has 8 heteroatoms. The predicted molar refractivity (Wildman–Crippen MR) is 159 cm³/mol. The second-order valence-electron chi connectivity index (χ2n) is 12.7. The van der Waals surface area contributed by atoms with Gasteiger partial charge in [0.2, 0.25) is 11.8 Å². The van der Waals surface area contributed by atoms with Crippen molar-refractivity contribution in [1.29, 1.82) is 0 Å². The SMILES string of the molecule is Cc1ccc(N2C(=O)[C@@H]3C4c5ccccc5C(/C=N\N5C(=O)[C@H]6[C@H](C5=O)[C@H]5C=C[C@H]6C5)(c5ccccc54)[C@@H]3C2=O)cc1Cl. The number of nitrogens with zero attached hydrogens (tertiary/aromatic N) is 3. The van der Waals surface area contributed by atoms with Crippen molar-refractivity contribution >= 4 is 47.1 Å². The fourth-order valence-electron chi connectivity index (χ4n) is 9.17. The zero-order chi connectivity index (χ0) is 29.4. The van der Waals surface area contributed by atoms with E-state index in [9.17, 15) is 19.2 Å². The van der Waals surface area contributed by atoms with Crippen molar-refractivity contribution in [3.05, 3.63) is 112 Å². The second-order valence-corrected chi connectivity index (χ2v) is 13.1. The van der Waals surface area contributed by atoms with Gasteiger partial charge in [0, 0.05) is 17.2 Å². The van der Waals surface area contributed by atoms with Crippen molar-refractivity contribution in [2.24, 2.45) is 40.6 Å². The molecule has 212 valence electrons. The molecular formula is C35H26ClN3O4. The number of aryl methyl sites for hydroxylation is 1. The second kappa shape index (κ2) is 8.38. The van der Waals surface area contributed by atoms with Gasteiger partial charge in [-0.25, -0.2) is 4.90 Å². The van der Waals surface area contributed by atoms with Crippen LogP contribution in [0.15, 0.2) is 84.0 Å². The summed E-state index contributed by atoms with van der Waals surface area (Å²) in [5.41, 5.74) is 3.76. The minimum atomic E-state index is -1.17. The standard InChI is InChI=1S/C35H26ClN3O4/c1-17-10-13-20(15-25(17)36)38-31(40)29-28-21-6-2-4-8-23(21)35(30(29)34(38)43,24-9-5-3-7-22(24)28)16-37-39-32(41)26-18-11-12-19(14-18)27(26)33(39)42/h2-13,15-16,18-19,26-30H,14H2,1H3/b37-16-/t18-,19-,26+,27+,28?,29+,30-,35?/m0/s1. The number of carbonyl (C=O) groups excluding carboxylic acids is 4. The summed E-state index contributed by atoms with van der Waals surface area (Å²) in [5.74, 6) is -3.68. The first kappa shape index (κ1) is 25.2. The minimum absolute atomic E-state index is 0.0599. The maximum Gasteiger partial charge on any atom is 0.254 e. The van der Waals surface area contributed by atoms with Crippen molar-refractivity contribution in [2.75, 3.05) is 4.90 Å². The smallest absolute Gasteiger partial charge is 0.254 e. The first-order valence-electron chi connectivity index (χ1n) is 14.8. The number of anilines is 1. The summed E-state index contributed by atoms with van der Waals surface area (Å²) >= 11 is 6.45. The molecule has 10 rings (SSSR count). The molecule has 3 aromatic rings. The fourth-order valence-corrected chi connectivity index (χ4v) is 9.35. The van der Waals surface area contributed by atoms with Gasteiger partial charge in [-0.3, -0.25) is 19.2 Å². The Morgan fingerprint density at radius 1 is 0.791 bits per heavy atom. The molecule has 7 nitrogen and oxygen atoms in total. The number of hydrogen-bond donors (Lipinski definition) is 0. The van der Waals surface area contributed by atoms with E-state index in [2.05, 4.69) is 17.3 Å².